The van der Waals surface area contributed by atoms with E-state index >= 15 is 0 Å². The molecule has 0 aliphatic carbocycles. The van der Waals surface area contributed by atoms with Crippen LogP contribution < -0.4 is 10.6 Å². The molecule has 3 aromatic rings. The van der Waals surface area contributed by atoms with Gasteiger partial charge in [-0.3, -0.25) is 9.59 Å². The van der Waals surface area contributed by atoms with E-state index in [4.69, 9.17) is 0 Å². The topological polar surface area (TPSA) is 74.0 Å². The molecule has 1 aromatic heterocycles. The summed E-state index contributed by atoms with van der Waals surface area (Å²) in [6.45, 7) is 0.194. The minimum atomic E-state index is -0.320. The number of aromatic nitrogens is 1. The van der Waals surface area contributed by atoms with Crippen molar-refractivity contribution in [1.82, 2.24) is 15.6 Å². The maximum Gasteiger partial charge on any atom is 0.239 e. The van der Waals surface area contributed by atoms with E-state index in [1.165, 1.54) is 12.1 Å². The van der Waals surface area contributed by atoms with E-state index in [1.807, 2.05) is 24.3 Å². The highest BCUT2D eigenvalue weighted by atomic mass is 19.1. The van der Waals surface area contributed by atoms with Crippen molar-refractivity contribution in [3.63, 3.8) is 0 Å². The summed E-state index contributed by atoms with van der Waals surface area (Å²) in [5, 5.41) is 6.28. The molecule has 0 saturated carbocycles. The number of carbonyl (C=O) groups excluding carboxylic acids is 2. The van der Waals surface area contributed by atoms with Crippen LogP contribution >= 0.6 is 0 Å². The Morgan fingerprint density at radius 2 is 1.72 bits per heavy atom. The van der Waals surface area contributed by atoms with Gasteiger partial charge in [0.1, 0.15) is 5.82 Å². The van der Waals surface area contributed by atoms with Crippen LogP contribution in [0.3, 0.4) is 0 Å². The smallest absolute Gasteiger partial charge is 0.239 e. The van der Waals surface area contributed by atoms with Crippen molar-refractivity contribution >= 4 is 22.7 Å². The average molecular weight is 339 g/mol. The molecule has 3 rings (SSSR count). The number of hydrogen-bond donors (Lipinski definition) is 3. The van der Waals surface area contributed by atoms with Gasteiger partial charge in [-0.15, -0.1) is 0 Å². The van der Waals surface area contributed by atoms with E-state index < -0.39 is 0 Å². The summed E-state index contributed by atoms with van der Waals surface area (Å²) in [6, 6.07) is 13.6. The fourth-order valence-electron chi connectivity index (χ4n) is 2.56. The Bertz CT molecular complexity index is 887. The van der Waals surface area contributed by atoms with Crippen molar-refractivity contribution in [3.8, 4) is 0 Å². The fourth-order valence-corrected chi connectivity index (χ4v) is 2.56. The number of carbonyl (C=O) groups is 2. The summed E-state index contributed by atoms with van der Waals surface area (Å²) >= 11 is 0. The van der Waals surface area contributed by atoms with Gasteiger partial charge in [0, 0.05) is 23.6 Å². The quantitative estimate of drug-likeness (QED) is 0.645. The van der Waals surface area contributed by atoms with Crippen molar-refractivity contribution in [1.29, 1.82) is 0 Å². The summed E-state index contributed by atoms with van der Waals surface area (Å²) < 4.78 is 12.8. The first-order valence-corrected chi connectivity index (χ1v) is 7.94. The number of hydrogen-bond acceptors (Lipinski definition) is 2. The van der Waals surface area contributed by atoms with Crippen molar-refractivity contribution in [2.24, 2.45) is 0 Å². The molecule has 1 heterocycles. The van der Waals surface area contributed by atoms with E-state index in [2.05, 4.69) is 15.6 Å². The highest BCUT2D eigenvalue weighted by Crippen LogP contribution is 2.17. The predicted molar refractivity (Wildman–Crippen MR) is 93.3 cm³/mol. The fraction of sp³-hybridized carbons (Fsp3) is 0.158. The van der Waals surface area contributed by atoms with E-state index in [9.17, 15) is 14.0 Å². The van der Waals surface area contributed by atoms with E-state index in [0.29, 0.717) is 0 Å². The van der Waals surface area contributed by atoms with Crippen LogP contribution in [0.4, 0.5) is 4.39 Å². The number of H-pyrrole nitrogens is 1. The standard InChI is InChI=1S/C19H18FN3O2/c20-15-7-5-13(6-8-15)10-22-19(25)12-23-18(24)9-14-11-21-17-4-2-1-3-16(14)17/h1-8,11,21H,9-10,12H2,(H,22,25)(H,23,24). The second-order valence-corrected chi connectivity index (χ2v) is 5.72. The van der Waals surface area contributed by atoms with Crippen LogP contribution in [0.15, 0.2) is 54.7 Å². The van der Waals surface area contributed by atoms with Crippen LogP contribution in [0.25, 0.3) is 10.9 Å². The monoisotopic (exact) mass is 339 g/mol. The third-order valence-corrected chi connectivity index (χ3v) is 3.87. The van der Waals surface area contributed by atoms with Gasteiger partial charge in [0.2, 0.25) is 11.8 Å². The molecule has 0 saturated heterocycles. The van der Waals surface area contributed by atoms with Crippen molar-refractivity contribution < 1.29 is 14.0 Å². The van der Waals surface area contributed by atoms with Crippen molar-refractivity contribution in [2.75, 3.05) is 6.54 Å². The molecule has 6 heteroatoms. The molecule has 0 fully saturated rings. The third kappa shape index (κ3) is 4.44. The lowest BCUT2D eigenvalue weighted by atomic mass is 10.1. The Labute approximate surface area is 144 Å². The largest absolute Gasteiger partial charge is 0.361 e. The summed E-state index contributed by atoms with van der Waals surface area (Å²) in [5.74, 6) is -0.835. The van der Waals surface area contributed by atoms with Crippen LogP contribution in [0.5, 0.6) is 0 Å². The molecule has 0 unspecified atom stereocenters. The predicted octanol–water partition coefficient (Wildman–Crippen LogP) is 2.28. The summed E-state index contributed by atoms with van der Waals surface area (Å²) in [6.07, 6.45) is 2.01. The van der Waals surface area contributed by atoms with Crippen molar-refractivity contribution in [2.45, 2.75) is 13.0 Å². The highest BCUT2D eigenvalue weighted by Gasteiger charge is 2.10. The molecule has 0 bridgehead atoms. The molecule has 0 aliphatic heterocycles. The number of rotatable bonds is 6. The molecular weight excluding hydrogens is 321 g/mol. The Morgan fingerprint density at radius 1 is 0.960 bits per heavy atom. The lowest BCUT2D eigenvalue weighted by molar-refractivity contribution is -0.125. The van der Waals surface area contributed by atoms with Crippen LogP contribution in [0.2, 0.25) is 0 Å². The van der Waals surface area contributed by atoms with E-state index in [0.717, 1.165) is 22.0 Å². The molecular formula is C19H18FN3O2. The van der Waals surface area contributed by atoms with Gasteiger partial charge in [0.25, 0.3) is 0 Å². The maximum atomic E-state index is 12.8. The zero-order chi connectivity index (χ0) is 17.6. The minimum absolute atomic E-state index is 0.0949. The lowest BCUT2D eigenvalue weighted by Gasteiger charge is -2.07. The van der Waals surface area contributed by atoms with Gasteiger partial charge < -0.3 is 15.6 Å². The number of aromatic amines is 1. The number of amides is 2. The van der Waals surface area contributed by atoms with Gasteiger partial charge in [-0.05, 0) is 29.3 Å². The van der Waals surface area contributed by atoms with Crippen molar-refractivity contribution in [3.05, 3.63) is 71.7 Å². The molecule has 0 radical (unpaired) electrons. The number of fused-ring (bicyclic) bond motifs is 1. The molecule has 0 atom stereocenters. The highest BCUT2D eigenvalue weighted by molar-refractivity contribution is 5.90. The zero-order valence-electron chi connectivity index (χ0n) is 13.5. The SMILES string of the molecule is O=C(CNC(=O)Cc1c[nH]c2ccccc12)NCc1ccc(F)cc1. The molecule has 2 aromatic carbocycles. The molecule has 128 valence electrons. The second-order valence-electron chi connectivity index (χ2n) is 5.72. The van der Waals surface area contributed by atoms with Gasteiger partial charge in [-0.1, -0.05) is 30.3 Å². The Hall–Kier alpha value is -3.15. The number of para-hydroxylation sites is 1. The molecule has 0 aliphatic rings. The Balaban J connectivity index is 1.45. The third-order valence-electron chi connectivity index (χ3n) is 3.87. The van der Waals surface area contributed by atoms with Crippen LogP contribution in [0, 0.1) is 5.82 Å². The van der Waals surface area contributed by atoms with Gasteiger partial charge >= 0.3 is 0 Å². The Morgan fingerprint density at radius 3 is 2.52 bits per heavy atom. The molecule has 2 amide bonds. The van der Waals surface area contributed by atoms with Crippen LogP contribution in [0.1, 0.15) is 11.1 Å². The number of halogens is 1. The van der Waals surface area contributed by atoms with Gasteiger partial charge in [0.05, 0.1) is 13.0 Å². The maximum absolute atomic E-state index is 12.8. The average Bonchev–Trinajstić information content (AvgIpc) is 3.02. The van der Waals surface area contributed by atoms with E-state index in [1.54, 1.807) is 18.3 Å². The van der Waals surface area contributed by atoms with Gasteiger partial charge in [-0.25, -0.2) is 4.39 Å². The molecule has 5 nitrogen and oxygen atoms in total. The van der Waals surface area contributed by atoms with Gasteiger partial charge in [-0.2, -0.15) is 0 Å². The lowest BCUT2D eigenvalue weighted by Crippen LogP contribution is -2.37. The second kappa shape index (κ2) is 7.61. The van der Waals surface area contributed by atoms with Crippen LogP contribution in [-0.2, 0) is 22.6 Å². The minimum Gasteiger partial charge on any atom is -0.361 e. The van der Waals surface area contributed by atoms with E-state index in [-0.39, 0.29) is 37.1 Å². The Kier molecular flexibility index (Phi) is 5.09. The zero-order valence-corrected chi connectivity index (χ0v) is 13.5. The first-order chi connectivity index (χ1) is 12.1. The number of benzene rings is 2. The molecule has 0 spiro atoms. The summed E-state index contributed by atoms with van der Waals surface area (Å²) in [5.41, 5.74) is 2.65. The molecule has 25 heavy (non-hydrogen) atoms. The number of nitrogens with one attached hydrogen (secondary N) is 3. The summed E-state index contributed by atoms with van der Waals surface area (Å²) in [7, 11) is 0. The van der Waals surface area contributed by atoms with Crippen LogP contribution in [-0.4, -0.2) is 23.3 Å². The first kappa shape index (κ1) is 16.7. The van der Waals surface area contributed by atoms with Gasteiger partial charge in [0.15, 0.2) is 0 Å². The molecule has 3 N–H and O–H groups in total. The first-order valence-electron chi connectivity index (χ1n) is 7.94. The summed E-state index contributed by atoms with van der Waals surface area (Å²) in [4.78, 5) is 26.9. The normalized spacial score (nSPS) is 10.6.